The number of carbonyl (C=O) groups excluding carboxylic acids is 3. The highest BCUT2D eigenvalue weighted by molar-refractivity contribution is 6.11. The Kier molecular flexibility index (Phi) is 4.68. The van der Waals surface area contributed by atoms with E-state index in [0.717, 1.165) is 34.1 Å². The second-order valence-electron chi connectivity index (χ2n) is 7.73. The van der Waals surface area contributed by atoms with E-state index in [4.69, 9.17) is 4.74 Å². The summed E-state index contributed by atoms with van der Waals surface area (Å²) >= 11 is 0. The SMILES string of the molecule is CCOc1ccc(-n2c(C)cc(C(=O)CN3C(=O)NC4(CCC4)C3=O)c2C)cc1. The normalized spacial score (nSPS) is 17.4. The van der Waals surface area contributed by atoms with Gasteiger partial charge < -0.3 is 14.6 Å². The van der Waals surface area contributed by atoms with Crippen LogP contribution in [0.4, 0.5) is 4.79 Å². The number of carbonyl (C=O) groups is 3. The minimum absolute atomic E-state index is 0.236. The van der Waals surface area contributed by atoms with Gasteiger partial charge in [-0.1, -0.05) is 0 Å². The summed E-state index contributed by atoms with van der Waals surface area (Å²) in [5, 5.41) is 2.76. The van der Waals surface area contributed by atoms with E-state index in [0.29, 0.717) is 25.0 Å². The number of aryl methyl sites for hydroxylation is 1. The van der Waals surface area contributed by atoms with Crippen LogP contribution in [0.5, 0.6) is 5.75 Å². The summed E-state index contributed by atoms with van der Waals surface area (Å²) < 4.78 is 7.48. The minimum Gasteiger partial charge on any atom is -0.494 e. The van der Waals surface area contributed by atoms with Crippen LogP contribution in [-0.2, 0) is 4.79 Å². The highest BCUT2D eigenvalue weighted by Crippen LogP contribution is 2.37. The number of aromatic nitrogens is 1. The average molecular weight is 395 g/mol. The molecule has 7 heteroatoms. The summed E-state index contributed by atoms with van der Waals surface area (Å²) in [6.45, 7) is 6.10. The molecule has 1 aromatic carbocycles. The highest BCUT2D eigenvalue weighted by Gasteiger charge is 2.55. The van der Waals surface area contributed by atoms with Crippen molar-refractivity contribution in [2.75, 3.05) is 13.2 Å². The lowest BCUT2D eigenvalue weighted by Gasteiger charge is -2.34. The molecule has 29 heavy (non-hydrogen) atoms. The molecule has 1 saturated heterocycles. The van der Waals surface area contributed by atoms with Crippen molar-refractivity contribution in [3.8, 4) is 11.4 Å². The molecule has 7 nitrogen and oxygen atoms in total. The molecular weight excluding hydrogens is 370 g/mol. The van der Waals surface area contributed by atoms with Gasteiger partial charge in [0, 0.05) is 22.6 Å². The van der Waals surface area contributed by atoms with Crippen LogP contribution in [0.1, 0.15) is 47.9 Å². The van der Waals surface area contributed by atoms with E-state index in [1.807, 2.05) is 55.7 Å². The van der Waals surface area contributed by atoms with E-state index in [2.05, 4.69) is 5.32 Å². The first-order chi connectivity index (χ1) is 13.9. The van der Waals surface area contributed by atoms with Crippen molar-refractivity contribution in [1.29, 1.82) is 0 Å². The van der Waals surface area contributed by atoms with Crippen LogP contribution in [0.3, 0.4) is 0 Å². The number of hydrogen-bond acceptors (Lipinski definition) is 4. The van der Waals surface area contributed by atoms with Gasteiger partial charge in [0.05, 0.1) is 13.2 Å². The Morgan fingerprint density at radius 2 is 1.86 bits per heavy atom. The number of imide groups is 1. The fourth-order valence-corrected chi connectivity index (χ4v) is 4.22. The number of Topliss-reactive ketones (excluding diaryl/α,β-unsaturated/α-hetero) is 1. The predicted octanol–water partition coefficient (Wildman–Crippen LogP) is 3.15. The average Bonchev–Trinajstić information content (AvgIpc) is 3.10. The second kappa shape index (κ2) is 7.06. The molecule has 4 rings (SSSR count). The van der Waals surface area contributed by atoms with Crippen molar-refractivity contribution >= 4 is 17.7 Å². The van der Waals surface area contributed by atoms with Crippen LogP contribution in [0.25, 0.3) is 5.69 Å². The van der Waals surface area contributed by atoms with E-state index in [9.17, 15) is 14.4 Å². The highest BCUT2D eigenvalue weighted by atomic mass is 16.5. The number of nitrogens with one attached hydrogen (secondary N) is 1. The molecule has 2 heterocycles. The Morgan fingerprint density at radius 1 is 1.17 bits per heavy atom. The van der Waals surface area contributed by atoms with Gasteiger partial charge in [0.25, 0.3) is 5.91 Å². The van der Waals surface area contributed by atoms with Gasteiger partial charge in [-0.25, -0.2) is 4.79 Å². The summed E-state index contributed by atoms with van der Waals surface area (Å²) in [7, 11) is 0. The first-order valence-electron chi connectivity index (χ1n) is 9.96. The van der Waals surface area contributed by atoms with Gasteiger partial charge in [0.2, 0.25) is 0 Å². The van der Waals surface area contributed by atoms with Crippen LogP contribution in [0, 0.1) is 13.8 Å². The van der Waals surface area contributed by atoms with Gasteiger partial charge in [0.15, 0.2) is 5.78 Å². The third kappa shape index (κ3) is 3.10. The third-order valence-corrected chi connectivity index (χ3v) is 5.89. The topological polar surface area (TPSA) is 80.6 Å². The smallest absolute Gasteiger partial charge is 0.325 e. The van der Waals surface area contributed by atoms with Crippen molar-refractivity contribution in [3.63, 3.8) is 0 Å². The van der Waals surface area contributed by atoms with Crippen molar-refractivity contribution in [3.05, 3.63) is 47.3 Å². The van der Waals surface area contributed by atoms with Crippen LogP contribution in [-0.4, -0.2) is 45.9 Å². The summed E-state index contributed by atoms with van der Waals surface area (Å²) in [6, 6.07) is 9.01. The van der Waals surface area contributed by atoms with E-state index in [-0.39, 0.29) is 18.2 Å². The molecular formula is C22H25N3O4. The van der Waals surface area contributed by atoms with Gasteiger partial charge >= 0.3 is 6.03 Å². The Labute approximate surface area is 169 Å². The number of ether oxygens (including phenoxy) is 1. The minimum atomic E-state index is -0.767. The number of hydrogen-bond donors (Lipinski definition) is 1. The zero-order valence-electron chi connectivity index (χ0n) is 16.9. The molecule has 3 amide bonds. The number of urea groups is 1. The van der Waals surface area contributed by atoms with Gasteiger partial charge in [-0.05, 0) is 70.4 Å². The molecule has 2 aromatic rings. The Hall–Kier alpha value is -3.09. The zero-order valence-corrected chi connectivity index (χ0v) is 16.9. The number of rotatable bonds is 6. The Morgan fingerprint density at radius 3 is 2.41 bits per heavy atom. The summed E-state index contributed by atoms with van der Waals surface area (Å²) in [6.07, 6.45) is 2.21. The van der Waals surface area contributed by atoms with Gasteiger partial charge in [-0.3, -0.25) is 14.5 Å². The van der Waals surface area contributed by atoms with Crippen LogP contribution in [0.2, 0.25) is 0 Å². The molecule has 0 unspecified atom stereocenters. The summed E-state index contributed by atoms with van der Waals surface area (Å²) in [4.78, 5) is 38.9. The van der Waals surface area contributed by atoms with Crippen LogP contribution >= 0.6 is 0 Å². The van der Waals surface area contributed by atoms with Gasteiger partial charge in [-0.2, -0.15) is 0 Å². The summed E-state index contributed by atoms with van der Waals surface area (Å²) in [5.74, 6) is 0.274. The third-order valence-electron chi connectivity index (χ3n) is 5.89. The second-order valence-corrected chi connectivity index (χ2v) is 7.73. The van der Waals surface area contributed by atoms with Gasteiger partial charge in [0.1, 0.15) is 11.3 Å². The number of benzene rings is 1. The maximum atomic E-state index is 13.0. The maximum Gasteiger partial charge on any atom is 0.325 e. The molecule has 1 saturated carbocycles. The van der Waals surface area contributed by atoms with Crippen LogP contribution in [0.15, 0.2) is 30.3 Å². The quantitative estimate of drug-likeness (QED) is 0.602. The Bertz CT molecular complexity index is 986. The van der Waals surface area contributed by atoms with E-state index < -0.39 is 11.6 Å². The van der Waals surface area contributed by atoms with Crippen molar-refractivity contribution in [1.82, 2.24) is 14.8 Å². The molecule has 0 bridgehead atoms. The summed E-state index contributed by atoms with van der Waals surface area (Å²) in [5.41, 5.74) is 2.36. The zero-order chi connectivity index (χ0) is 20.8. The fourth-order valence-electron chi connectivity index (χ4n) is 4.22. The molecule has 1 N–H and O–H groups in total. The van der Waals surface area contributed by atoms with E-state index in [1.165, 1.54) is 0 Å². The first kappa shape index (κ1) is 19.2. The standard InChI is InChI=1S/C22H25N3O4/c1-4-29-17-8-6-16(7-9-17)25-14(2)12-18(15(25)3)19(26)13-24-20(27)22(10-5-11-22)23-21(24)28/h6-9,12H,4-5,10-11,13H2,1-3H3,(H,23,28). The molecule has 1 spiro atoms. The van der Waals surface area contributed by atoms with Crippen molar-refractivity contribution < 1.29 is 19.1 Å². The maximum absolute atomic E-state index is 13.0. The lowest BCUT2D eigenvalue weighted by atomic mass is 9.77. The van der Waals surface area contributed by atoms with Gasteiger partial charge in [-0.15, -0.1) is 0 Å². The molecule has 1 aliphatic carbocycles. The largest absolute Gasteiger partial charge is 0.494 e. The van der Waals surface area contributed by atoms with Crippen molar-refractivity contribution in [2.45, 2.75) is 45.6 Å². The molecule has 152 valence electrons. The Balaban J connectivity index is 1.56. The lowest BCUT2D eigenvalue weighted by Crippen LogP contribution is -2.52. The number of amides is 3. The van der Waals surface area contributed by atoms with E-state index in [1.54, 1.807) is 0 Å². The fraction of sp³-hybridized carbons (Fsp3) is 0.409. The predicted molar refractivity (Wildman–Crippen MR) is 108 cm³/mol. The molecule has 1 aliphatic heterocycles. The monoisotopic (exact) mass is 395 g/mol. The molecule has 2 fully saturated rings. The molecule has 0 atom stereocenters. The molecule has 2 aliphatic rings. The first-order valence-corrected chi connectivity index (χ1v) is 9.96. The lowest BCUT2D eigenvalue weighted by molar-refractivity contribution is -0.133. The van der Waals surface area contributed by atoms with E-state index >= 15 is 0 Å². The van der Waals surface area contributed by atoms with Crippen LogP contribution < -0.4 is 10.1 Å². The number of nitrogens with zero attached hydrogens (tertiary/aromatic N) is 2. The molecule has 1 aromatic heterocycles. The molecule has 0 radical (unpaired) electrons. The van der Waals surface area contributed by atoms with Crippen molar-refractivity contribution in [2.24, 2.45) is 0 Å². The number of ketones is 1.